The van der Waals surface area contributed by atoms with E-state index in [0.717, 1.165) is 18.4 Å². The van der Waals surface area contributed by atoms with E-state index >= 15 is 0 Å². The normalized spacial score (nSPS) is 17.0. The number of benzene rings is 1. The average Bonchev–Trinajstić information content (AvgIpc) is 3.50. The van der Waals surface area contributed by atoms with Gasteiger partial charge in [-0.3, -0.25) is 9.59 Å². The molecule has 186 valence electrons. The third-order valence-corrected chi connectivity index (χ3v) is 7.15. The number of rotatable bonds is 11. The van der Waals surface area contributed by atoms with Gasteiger partial charge in [-0.25, -0.2) is 13.1 Å². The molecule has 1 saturated heterocycles. The minimum Gasteiger partial charge on any atom is -0.467 e. The van der Waals surface area contributed by atoms with Gasteiger partial charge < -0.3 is 19.4 Å². The summed E-state index contributed by atoms with van der Waals surface area (Å²) in [7, 11) is -3.89. The Morgan fingerprint density at radius 2 is 1.91 bits per heavy atom. The highest BCUT2D eigenvalue weighted by atomic mass is 32.2. The van der Waals surface area contributed by atoms with E-state index in [1.165, 1.54) is 23.3 Å². The zero-order valence-corrected chi connectivity index (χ0v) is 20.6. The van der Waals surface area contributed by atoms with Crippen molar-refractivity contribution in [3.8, 4) is 0 Å². The zero-order chi connectivity index (χ0) is 24.7. The molecule has 0 saturated carbocycles. The molecule has 1 aliphatic heterocycles. The third kappa shape index (κ3) is 6.91. The number of nitrogens with zero attached hydrogens (tertiary/aromatic N) is 1. The largest absolute Gasteiger partial charge is 0.467 e. The van der Waals surface area contributed by atoms with Crippen LogP contribution in [0.4, 0.5) is 0 Å². The Kier molecular flexibility index (Phi) is 8.87. The minimum atomic E-state index is -3.89. The molecular weight excluding hydrogens is 458 g/mol. The Morgan fingerprint density at radius 1 is 1.18 bits per heavy atom. The summed E-state index contributed by atoms with van der Waals surface area (Å²) in [5.41, 5.74) is 0.924. The van der Waals surface area contributed by atoms with Crippen molar-refractivity contribution in [1.82, 2.24) is 14.9 Å². The molecule has 1 fully saturated rings. The van der Waals surface area contributed by atoms with E-state index < -0.39 is 28.5 Å². The standard InChI is InChI=1S/C24H33N3O6S/c1-17(2)23(24(29)25-14-19-6-4-12-32-19)27(16-20-7-5-13-33-20)22(28)15-26-34(30,31)21-10-8-18(3)9-11-21/h5,7-11,13,17,19,23,26H,4,6,12,14-16H2,1-3H3,(H,25,29). The van der Waals surface area contributed by atoms with E-state index in [0.29, 0.717) is 18.9 Å². The van der Waals surface area contributed by atoms with Crippen molar-refractivity contribution in [2.75, 3.05) is 19.7 Å². The van der Waals surface area contributed by atoms with E-state index in [-0.39, 0.29) is 29.4 Å². The van der Waals surface area contributed by atoms with Crippen LogP contribution in [0.1, 0.15) is 38.0 Å². The highest BCUT2D eigenvalue weighted by Gasteiger charge is 2.34. The summed E-state index contributed by atoms with van der Waals surface area (Å²) in [5.74, 6) is -0.575. The van der Waals surface area contributed by atoms with Crippen LogP contribution in [0, 0.1) is 12.8 Å². The Bertz CT molecular complexity index is 1040. The number of nitrogens with one attached hydrogen (secondary N) is 2. The number of furan rings is 1. The lowest BCUT2D eigenvalue weighted by Gasteiger charge is -2.33. The fourth-order valence-electron chi connectivity index (χ4n) is 3.90. The molecule has 2 atom stereocenters. The first-order valence-corrected chi connectivity index (χ1v) is 12.9. The number of hydrogen-bond acceptors (Lipinski definition) is 6. The number of carbonyl (C=O) groups excluding carboxylic acids is 2. The van der Waals surface area contributed by atoms with Crippen molar-refractivity contribution in [2.24, 2.45) is 5.92 Å². The highest BCUT2D eigenvalue weighted by molar-refractivity contribution is 7.89. The lowest BCUT2D eigenvalue weighted by atomic mass is 10.0. The maximum Gasteiger partial charge on any atom is 0.243 e. The molecule has 2 aromatic rings. The lowest BCUT2D eigenvalue weighted by Crippen LogP contribution is -2.54. The third-order valence-electron chi connectivity index (χ3n) is 5.74. The van der Waals surface area contributed by atoms with Gasteiger partial charge in [0.15, 0.2) is 0 Å². The number of carbonyl (C=O) groups is 2. The van der Waals surface area contributed by atoms with Gasteiger partial charge in [-0.2, -0.15) is 0 Å². The molecule has 10 heteroatoms. The van der Waals surface area contributed by atoms with Crippen LogP contribution in [0.2, 0.25) is 0 Å². The van der Waals surface area contributed by atoms with Gasteiger partial charge in [-0.1, -0.05) is 31.5 Å². The summed E-state index contributed by atoms with van der Waals surface area (Å²) in [6.07, 6.45) is 3.29. The van der Waals surface area contributed by atoms with E-state index in [1.807, 2.05) is 20.8 Å². The SMILES string of the molecule is Cc1ccc(S(=O)(=O)NCC(=O)N(Cc2ccco2)C(C(=O)NCC2CCCO2)C(C)C)cc1. The van der Waals surface area contributed by atoms with Crippen molar-refractivity contribution < 1.29 is 27.2 Å². The highest BCUT2D eigenvalue weighted by Crippen LogP contribution is 2.18. The predicted molar refractivity (Wildman–Crippen MR) is 126 cm³/mol. The molecule has 0 bridgehead atoms. The van der Waals surface area contributed by atoms with E-state index in [4.69, 9.17) is 9.15 Å². The number of hydrogen-bond donors (Lipinski definition) is 2. The van der Waals surface area contributed by atoms with Crippen LogP contribution in [0.15, 0.2) is 52.0 Å². The topological polar surface area (TPSA) is 118 Å². The number of aryl methyl sites for hydroxylation is 1. The van der Waals surface area contributed by atoms with Gasteiger partial charge in [0.1, 0.15) is 11.8 Å². The van der Waals surface area contributed by atoms with Crippen LogP contribution in [-0.4, -0.2) is 57.0 Å². The van der Waals surface area contributed by atoms with Gasteiger partial charge in [0.25, 0.3) is 0 Å². The van der Waals surface area contributed by atoms with Crippen molar-refractivity contribution in [3.05, 3.63) is 54.0 Å². The Labute approximate surface area is 200 Å². The Hall–Kier alpha value is -2.69. The van der Waals surface area contributed by atoms with Crippen molar-refractivity contribution in [2.45, 2.75) is 57.2 Å². The second-order valence-electron chi connectivity index (χ2n) is 8.81. The Morgan fingerprint density at radius 3 is 2.50 bits per heavy atom. The molecule has 3 rings (SSSR count). The van der Waals surface area contributed by atoms with Gasteiger partial charge in [0.05, 0.1) is 30.4 Å². The molecule has 1 aromatic heterocycles. The summed E-state index contributed by atoms with van der Waals surface area (Å²) in [6, 6.07) is 8.93. The first kappa shape index (κ1) is 25.9. The summed E-state index contributed by atoms with van der Waals surface area (Å²) >= 11 is 0. The fourth-order valence-corrected chi connectivity index (χ4v) is 4.87. The summed E-state index contributed by atoms with van der Waals surface area (Å²) < 4.78 is 38.7. The number of ether oxygens (including phenoxy) is 1. The molecular formula is C24H33N3O6S. The molecule has 1 aliphatic rings. The van der Waals surface area contributed by atoms with Gasteiger partial charge in [0, 0.05) is 13.2 Å². The minimum absolute atomic E-state index is 0.0349. The van der Waals surface area contributed by atoms with E-state index in [9.17, 15) is 18.0 Å². The van der Waals surface area contributed by atoms with Gasteiger partial charge in [-0.05, 0) is 49.9 Å². The summed E-state index contributed by atoms with van der Waals surface area (Å²) in [6.45, 7) is 6.14. The molecule has 2 unspecified atom stereocenters. The molecule has 2 heterocycles. The first-order valence-electron chi connectivity index (χ1n) is 11.4. The molecule has 1 aromatic carbocycles. The van der Waals surface area contributed by atoms with Crippen molar-refractivity contribution >= 4 is 21.8 Å². The molecule has 0 radical (unpaired) electrons. The second-order valence-corrected chi connectivity index (χ2v) is 10.6. The molecule has 0 spiro atoms. The van der Waals surface area contributed by atoms with Gasteiger partial charge in [0.2, 0.25) is 21.8 Å². The van der Waals surface area contributed by atoms with Crippen LogP contribution < -0.4 is 10.0 Å². The fraction of sp³-hybridized carbons (Fsp3) is 0.500. The molecule has 2 amide bonds. The summed E-state index contributed by atoms with van der Waals surface area (Å²) in [4.78, 5) is 27.8. The van der Waals surface area contributed by atoms with Gasteiger partial charge in [-0.15, -0.1) is 0 Å². The van der Waals surface area contributed by atoms with Crippen molar-refractivity contribution in [3.63, 3.8) is 0 Å². The van der Waals surface area contributed by atoms with E-state index in [1.54, 1.807) is 24.3 Å². The van der Waals surface area contributed by atoms with Crippen LogP contribution in [0.3, 0.4) is 0 Å². The zero-order valence-electron chi connectivity index (χ0n) is 19.8. The van der Waals surface area contributed by atoms with Crippen LogP contribution >= 0.6 is 0 Å². The van der Waals surface area contributed by atoms with E-state index in [2.05, 4.69) is 10.0 Å². The monoisotopic (exact) mass is 491 g/mol. The molecule has 0 aliphatic carbocycles. The van der Waals surface area contributed by atoms with Gasteiger partial charge >= 0.3 is 0 Å². The number of amides is 2. The maximum atomic E-state index is 13.3. The average molecular weight is 492 g/mol. The summed E-state index contributed by atoms with van der Waals surface area (Å²) in [5, 5.41) is 2.90. The van der Waals surface area contributed by atoms with Crippen LogP contribution in [-0.2, 0) is 30.9 Å². The molecule has 34 heavy (non-hydrogen) atoms. The van der Waals surface area contributed by atoms with Crippen LogP contribution in [0.25, 0.3) is 0 Å². The number of sulfonamides is 1. The molecule has 2 N–H and O–H groups in total. The maximum absolute atomic E-state index is 13.3. The second kappa shape index (κ2) is 11.6. The molecule has 9 nitrogen and oxygen atoms in total. The van der Waals surface area contributed by atoms with Crippen LogP contribution in [0.5, 0.6) is 0 Å². The van der Waals surface area contributed by atoms with Crippen molar-refractivity contribution in [1.29, 1.82) is 0 Å². The Balaban J connectivity index is 1.75. The lowest BCUT2D eigenvalue weighted by molar-refractivity contribution is -0.142. The smallest absolute Gasteiger partial charge is 0.243 e. The quantitative estimate of drug-likeness (QED) is 0.498. The first-order chi connectivity index (χ1) is 16.2. The predicted octanol–water partition coefficient (Wildman–Crippen LogP) is 2.21.